The van der Waals surface area contributed by atoms with Crippen LogP contribution >= 0.6 is 0 Å². The van der Waals surface area contributed by atoms with Gasteiger partial charge in [-0.3, -0.25) is 14.6 Å². The summed E-state index contributed by atoms with van der Waals surface area (Å²) in [6, 6.07) is 0. The number of ether oxygens (including phenoxy) is 1. The molecule has 21 heavy (non-hydrogen) atoms. The maximum Gasteiger partial charge on any atom is 0.309 e. The highest BCUT2D eigenvalue weighted by Gasteiger charge is 2.36. The van der Waals surface area contributed by atoms with Crippen molar-refractivity contribution in [2.24, 2.45) is 5.92 Å². The van der Waals surface area contributed by atoms with Crippen molar-refractivity contribution in [2.45, 2.75) is 58.9 Å². The van der Waals surface area contributed by atoms with Crippen molar-refractivity contribution in [2.75, 3.05) is 32.8 Å². The number of rotatable bonds is 5. The predicted molar refractivity (Wildman–Crippen MR) is 91.4 cm³/mol. The molecular formula is C16H34N2O2Si. The summed E-state index contributed by atoms with van der Waals surface area (Å²) in [7, 11) is -0.763. The van der Waals surface area contributed by atoms with Gasteiger partial charge >= 0.3 is 5.97 Å². The molecule has 0 aromatic heterocycles. The van der Waals surface area contributed by atoms with Crippen LogP contribution in [0.5, 0.6) is 0 Å². The fourth-order valence-electron chi connectivity index (χ4n) is 3.19. The number of piperazine rings is 1. The van der Waals surface area contributed by atoms with E-state index in [0.717, 1.165) is 26.2 Å². The maximum absolute atomic E-state index is 11.8. The van der Waals surface area contributed by atoms with Gasteiger partial charge in [-0.25, -0.2) is 0 Å². The lowest BCUT2D eigenvalue weighted by Crippen LogP contribution is -2.63. The Balaban J connectivity index is 2.64. The number of hydrogen-bond donors (Lipinski definition) is 0. The third kappa shape index (κ3) is 5.38. The minimum Gasteiger partial charge on any atom is -0.466 e. The molecule has 0 bridgehead atoms. The second-order valence-electron chi connectivity index (χ2n) is 7.59. The second kappa shape index (κ2) is 7.74. The zero-order valence-corrected chi connectivity index (χ0v) is 16.1. The Morgan fingerprint density at radius 2 is 1.95 bits per heavy atom. The summed E-state index contributed by atoms with van der Waals surface area (Å²) in [4.78, 5) is 16.9. The first kappa shape index (κ1) is 18.7. The van der Waals surface area contributed by atoms with Crippen LogP contribution in [-0.4, -0.2) is 68.6 Å². The highest BCUT2D eigenvalue weighted by atomic mass is 28.3. The van der Waals surface area contributed by atoms with Gasteiger partial charge in [0.2, 0.25) is 0 Å². The molecule has 1 heterocycles. The number of carbonyl (C=O) groups excluding carboxylic acids is 1. The lowest BCUT2D eigenvalue weighted by molar-refractivity contribution is -0.148. The molecule has 0 N–H and O–H groups in total. The summed E-state index contributed by atoms with van der Waals surface area (Å²) in [6.07, 6.45) is 0. The Labute approximate surface area is 132 Å². The number of carbonyl (C=O) groups is 1. The third-order valence-electron chi connectivity index (χ3n) is 4.35. The van der Waals surface area contributed by atoms with Crippen molar-refractivity contribution in [3.05, 3.63) is 0 Å². The number of esters is 1. The lowest BCUT2D eigenvalue weighted by atomic mass is 10.0. The van der Waals surface area contributed by atoms with Crippen molar-refractivity contribution < 1.29 is 9.53 Å². The van der Waals surface area contributed by atoms with Gasteiger partial charge in [0.25, 0.3) is 0 Å². The zero-order valence-electron chi connectivity index (χ0n) is 15.0. The molecule has 0 amide bonds. The van der Waals surface area contributed by atoms with Gasteiger partial charge in [0.15, 0.2) is 0 Å². The van der Waals surface area contributed by atoms with Crippen molar-refractivity contribution in [3.63, 3.8) is 0 Å². The van der Waals surface area contributed by atoms with Crippen molar-refractivity contribution in [1.29, 1.82) is 0 Å². The molecule has 0 spiro atoms. The van der Waals surface area contributed by atoms with Gasteiger partial charge in [0, 0.05) is 37.4 Å². The molecule has 0 aromatic carbocycles. The fraction of sp³-hybridized carbons (Fsp3) is 0.938. The molecule has 1 aliphatic heterocycles. The summed E-state index contributed by atoms with van der Waals surface area (Å²) in [5.41, 5.74) is 0.925. The standard InChI is InChI=1S/C16H34N2O2Si/c1-8-20-15(19)13(2)11-17-9-10-18(16(3,4)5)14(12-17)21(6)7/h13-14,21H,8-12H2,1-7H3. The van der Waals surface area contributed by atoms with Crippen LogP contribution in [0.1, 0.15) is 34.6 Å². The first-order valence-corrected chi connectivity index (χ1v) is 11.3. The summed E-state index contributed by atoms with van der Waals surface area (Å²) in [5, 5.41) is 0. The predicted octanol–water partition coefficient (Wildman–Crippen LogP) is 2.00. The monoisotopic (exact) mass is 314 g/mol. The van der Waals surface area contributed by atoms with E-state index in [0.29, 0.717) is 12.3 Å². The fourth-order valence-corrected chi connectivity index (χ4v) is 5.22. The molecule has 1 rings (SSSR count). The zero-order chi connectivity index (χ0) is 16.2. The maximum atomic E-state index is 11.8. The molecule has 4 nitrogen and oxygen atoms in total. The molecule has 1 saturated heterocycles. The number of hydrogen-bond acceptors (Lipinski definition) is 4. The van der Waals surface area contributed by atoms with E-state index in [1.807, 2.05) is 13.8 Å². The Hall–Kier alpha value is -0.393. The van der Waals surface area contributed by atoms with E-state index in [9.17, 15) is 4.79 Å². The molecule has 2 atom stereocenters. The van der Waals surface area contributed by atoms with Crippen molar-refractivity contribution >= 4 is 14.8 Å². The average molecular weight is 315 g/mol. The van der Waals surface area contributed by atoms with Gasteiger partial charge in [0.05, 0.1) is 21.3 Å². The Kier molecular flexibility index (Phi) is 6.88. The van der Waals surface area contributed by atoms with Crippen molar-refractivity contribution in [3.8, 4) is 0 Å². The highest BCUT2D eigenvalue weighted by molar-refractivity contribution is 6.57. The summed E-state index contributed by atoms with van der Waals surface area (Å²) in [6.45, 7) is 20.2. The molecule has 0 saturated carbocycles. The van der Waals surface area contributed by atoms with Crippen LogP contribution in [0.2, 0.25) is 13.1 Å². The van der Waals surface area contributed by atoms with Gasteiger partial charge in [-0.1, -0.05) is 20.0 Å². The van der Waals surface area contributed by atoms with Crippen molar-refractivity contribution in [1.82, 2.24) is 9.80 Å². The van der Waals surface area contributed by atoms with E-state index >= 15 is 0 Å². The van der Waals surface area contributed by atoms with Crippen LogP contribution in [0.3, 0.4) is 0 Å². The van der Waals surface area contributed by atoms with Gasteiger partial charge in [-0.2, -0.15) is 0 Å². The highest BCUT2D eigenvalue weighted by Crippen LogP contribution is 2.23. The SMILES string of the molecule is CCOC(=O)C(C)CN1CCN(C(C)(C)C)C([SiH](C)C)C1. The Bertz CT molecular complexity index is 342. The van der Waals surface area contributed by atoms with Gasteiger partial charge < -0.3 is 4.74 Å². The van der Waals surface area contributed by atoms with E-state index < -0.39 is 8.80 Å². The van der Waals surface area contributed by atoms with Crippen LogP contribution in [0.15, 0.2) is 0 Å². The normalized spacial score (nSPS) is 23.3. The molecule has 1 fully saturated rings. The second-order valence-corrected chi connectivity index (χ2v) is 10.8. The molecule has 0 aliphatic carbocycles. The van der Waals surface area contributed by atoms with Crippen LogP contribution in [0.25, 0.3) is 0 Å². The van der Waals surface area contributed by atoms with Crippen LogP contribution in [-0.2, 0) is 9.53 Å². The lowest BCUT2D eigenvalue weighted by Gasteiger charge is -2.49. The summed E-state index contributed by atoms with van der Waals surface area (Å²) < 4.78 is 5.13. The van der Waals surface area contributed by atoms with Gasteiger partial charge in [-0.15, -0.1) is 0 Å². The average Bonchev–Trinajstić information content (AvgIpc) is 2.37. The summed E-state index contributed by atoms with van der Waals surface area (Å²) in [5.74, 6) is -0.0882. The van der Waals surface area contributed by atoms with E-state index in [4.69, 9.17) is 4.74 Å². The molecule has 1 aliphatic rings. The first-order chi connectivity index (χ1) is 9.66. The van der Waals surface area contributed by atoms with Crippen LogP contribution < -0.4 is 0 Å². The Morgan fingerprint density at radius 3 is 2.43 bits per heavy atom. The van der Waals surface area contributed by atoms with E-state index in [1.54, 1.807) is 0 Å². The Morgan fingerprint density at radius 1 is 1.33 bits per heavy atom. The van der Waals surface area contributed by atoms with Crippen LogP contribution in [0, 0.1) is 5.92 Å². The van der Waals surface area contributed by atoms with E-state index in [1.165, 1.54) is 0 Å². The van der Waals surface area contributed by atoms with Gasteiger partial charge in [0.1, 0.15) is 0 Å². The topological polar surface area (TPSA) is 32.8 Å². The number of nitrogens with zero attached hydrogens (tertiary/aromatic N) is 2. The first-order valence-electron chi connectivity index (χ1n) is 8.32. The van der Waals surface area contributed by atoms with E-state index in [-0.39, 0.29) is 17.4 Å². The molecule has 124 valence electrons. The van der Waals surface area contributed by atoms with E-state index in [2.05, 4.69) is 43.7 Å². The largest absolute Gasteiger partial charge is 0.466 e. The van der Waals surface area contributed by atoms with Crippen LogP contribution in [0.4, 0.5) is 0 Å². The molecular weight excluding hydrogens is 280 g/mol. The molecule has 5 heteroatoms. The quantitative estimate of drug-likeness (QED) is 0.574. The van der Waals surface area contributed by atoms with Gasteiger partial charge in [-0.05, 0) is 27.7 Å². The smallest absolute Gasteiger partial charge is 0.309 e. The minimum absolute atomic E-state index is 0.0272. The minimum atomic E-state index is -0.763. The molecule has 2 unspecified atom stereocenters. The molecule has 0 radical (unpaired) electrons. The third-order valence-corrected chi connectivity index (χ3v) is 6.46. The summed E-state index contributed by atoms with van der Waals surface area (Å²) >= 11 is 0. The molecule has 0 aromatic rings.